The van der Waals surface area contributed by atoms with Crippen molar-refractivity contribution in [3.8, 4) is 0 Å². The quantitative estimate of drug-likeness (QED) is 0.848. The molecule has 16 heavy (non-hydrogen) atoms. The van der Waals surface area contributed by atoms with Crippen LogP contribution in [0.15, 0.2) is 24.4 Å². The van der Waals surface area contributed by atoms with E-state index in [2.05, 4.69) is 10.3 Å². The number of hydrogen-bond donors (Lipinski definition) is 1. The summed E-state index contributed by atoms with van der Waals surface area (Å²) in [6, 6.07) is 3.98. The van der Waals surface area contributed by atoms with E-state index in [0.717, 1.165) is 11.8 Å². The minimum Gasteiger partial charge on any atom is -0.323 e. The molecule has 0 saturated heterocycles. The van der Waals surface area contributed by atoms with Crippen LogP contribution >= 0.6 is 0 Å². The first-order chi connectivity index (χ1) is 7.58. The molecule has 1 aromatic heterocycles. The van der Waals surface area contributed by atoms with Gasteiger partial charge in [-0.2, -0.15) is 0 Å². The van der Waals surface area contributed by atoms with Gasteiger partial charge in [0.15, 0.2) is 11.6 Å². The fraction of sp³-hybridized carbons (Fsp3) is 0.182. The average molecular weight is 223 g/mol. The first kappa shape index (κ1) is 10.6. The van der Waals surface area contributed by atoms with E-state index in [9.17, 15) is 8.78 Å². The maximum atomic E-state index is 13.4. The third-order valence-electron chi connectivity index (χ3n) is 2.19. The fourth-order valence-corrected chi connectivity index (χ4v) is 1.45. The van der Waals surface area contributed by atoms with Gasteiger partial charge in [-0.15, -0.1) is 0 Å². The van der Waals surface area contributed by atoms with E-state index in [1.54, 1.807) is 17.8 Å². The summed E-state index contributed by atoms with van der Waals surface area (Å²) >= 11 is 0. The van der Waals surface area contributed by atoms with E-state index in [0.29, 0.717) is 5.95 Å². The van der Waals surface area contributed by atoms with Gasteiger partial charge in [0, 0.05) is 13.2 Å². The Labute approximate surface area is 91.7 Å². The number of rotatable bonds is 2. The predicted octanol–water partition coefficient (Wildman–Crippen LogP) is 2.75. The lowest BCUT2D eigenvalue weighted by Crippen LogP contribution is -2.01. The zero-order valence-electron chi connectivity index (χ0n) is 8.96. The molecule has 0 amide bonds. The molecule has 2 aromatic rings. The van der Waals surface area contributed by atoms with Crippen LogP contribution in [-0.2, 0) is 7.05 Å². The summed E-state index contributed by atoms with van der Waals surface area (Å²) in [7, 11) is 1.78. The highest BCUT2D eigenvalue weighted by molar-refractivity contribution is 5.54. The molecule has 0 spiro atoms. The summed E-state index contributed by atoms with van der Waals surface area (Å²) in [5.74, 6) is -1.30. The average Bonchev–Trinajstić information content (AvgIpc) is 2.53. The van der Waals surface area contributed by atoms with E-state index in [4.69, 9.17) is 0 Å². The second-order valence-electron chi connectivity index (χ2n) is 3.54. The Morgan fingerprint density at radius 2 is 2.06 bits per heavy atom. The third-order valence-corrected chi connectivity index (χ3v) is 2.19. The number of hydrogen-bond acceptors (Lipinski definition) is 2. The van der Waals surface area contributed by atoms with Gasteiger partial charge in [0.25, 0.3) is 0 Å². The zero-order valence-corrected chi connectivity index (χ0v) is 8.96. The molecular formula is C11H11F2N3. The fourth-order valence-electron chi connectivity index (χ4n) is 1.45. The lowest BCUT2D eigenvalue weighted by Gasteiger charge is -2.06. The molecule has 1 heterocycles. The first-order valence-electron chi connectivity index (χ1n) is 4.79. The largest absolute Gasteiger partial charge is 0.323 e. The number of aromatic nitrogens is 2. The van der Waals surface area contributed by atoms with Gasteiger partial charge < -0.3 is 9.88 Å². The maximum Gasteiger partial charge on any atom is 0.207 e. The number of aryl methyl sites for hydroxylation is 2. The van der Waals surface area contributed by atoms with Gasteiger partial charge in [0.05, 0.1) is 11.4 Å². The molecule has 2 rings (SSSR count). The standard InChI is InChI=1S/C11H11F2N3/c1-7-6-16(2)11(14-7)15-9-5-3-4-8(12)10(9)13/h3-6H,1-2H3,(H,14,15). The third kappa shape index (κ3) is 1.88. The molecule has 0 aliphatic carbocycles. The van der Waals surface area contributed by atoms with Crippen LogP contribution in [-0.4, -0.2) is 9.55 Å². The molecule has 0 radical (unpaired) electrons. The van der Waals surface area contributed by atoms with Gasteiger partial charge in [-0.25, -0.2) is 13.8 Å². The summed E-state index contributed by atoms with van der Waals surface area (Å²) in [6.07, 6.45) is 1.79. The van der Waals surface area contributed by atoms with E-state index in [1.807, 2.05) is 6.92 Å². The first-order valence-corrected chi connectivity index (χ1v) is 4.79. The van der Waals surface area contributed by atoms with Crippen molar-refractivity contribution in [2.24, 2.45) is 7.05 Å². The highest BCUT2D eigenvalue weighted by Gasteiger charge is 2.09. The number of imidazole rings is 1. The second kappa shape index (κ2) is 3.92. The summed E-state index contributed by atoms with van der Waals surface area (Å²) in [6.45, 7) is 1.83. The van der Waals surface area contributed by atoms with Crippen molar-refractivity contribution in [1.82, 2.24) is 9.55 Å². The number of benzene rings is 1. The Kier molecular flexibility index (Phi) is 2.60. The monoisotopic (exact) mass is 223 g/mol. The summed E-state index contributed by atoms with van der Waals surface area (Å²) < 4.78 is 28.0. The molecule has 84 valence electrons. The Balaban J connectivity index is 2.34. The van der Waals surface area contributed by atoms with Crippen molar-refractivity contribution in [2.75, 3.05) is 5.32 Å². The van der Waals surface area contributed by atoms with Gasteiger partial charge >= 0.3 is 0 Å². The molecule has 0 saturated carbocycles. The van der Waals surface area contributed by atoms with Crippen molar-refractivity contribution >= 4 is 11.6 Å². The molecule has 0 aliphatic rings. The van der Waals surface area contributed by atoms with Crippen LogP contribution in [0.1, 0.15) is 5.69 Å². The Morgan fingerprint density at radius 3 is 2.69 bits per heavy atom. The van der Waals surface area contributed by atoms with Crippen LogP contribution in [0.25, 0.3) is 0 Å². The van der Waals surface area contributed by atoms with Gasteiger partial charge in [-0.1, -0.05) is 6.07 Å². The van der Waals surface area contributed by atoms with Gasteiger partial charge in [-0.3, -0.25) is 0 Å². The van der Waals surface area contributed by atoms with E-state index < -0.39 is 11.6 Å². The van der Waals surface area contributed by atoms with E-state index in [-0.39, 0.29) is 5.69 Å². The highest BCUT2D eigenvalue weighted by Crippen LogP contribution is 2.20. The van der Waals surface area contributed by atoms with Gasteiger partial charge in [-0.05, 0) is 19.1 Å². The van der Waals surface area contributed by atoms with Crippen LogP contribution in [0.2, 0.25) is 0 Å². The molecule has 0 unspecified atom stereocenters. The van der Waals surface area contributed by atoms with Crippen LogP contribution in [0.3, 0.4) is 0 Å². The number of anilines is 2. The lowest BCUT2D eigenvalue weighted by atomic mass is 10.3. The predicted molar refractivity (Wildman–Crippen MR) is 57.6 cm³/mol. The maximum absolute atomic E-state index is 13.4. The van der Waals surface area contributed by atoms with Crippen LogP contribution in [0, 0.1) is 18.6 Å². The molecular weight excluding hydrogens is 212 g/mol. The van der Waals surface area contributed by atoms with Crippen molar-refractivity contribution in [1.29, 1.82) is 0 Å². The Hall–Kier alpha value is -1.91. The SMILES string of the molecule is Cc1cn(C)c(Nc2cccc(F)c2F)n1. The Bertz CT molecular complexity index is 520. The minimum absolute atomic E-state index is 0.0775. The second-order valence-corrected chi connectivity index (χ2v) is 3.54. The minimum atomic E-state index is -0.900. The van der Waals surface area contributed by atoms with E-state index >= 15 is 0 Å². The van der Waals surface area contributed by atoms with Crippen molar-refractivity contribution in [2.45, 2.75) is 6.92 Å². The van der Waals surface area contributed by atoms with Crippen molar-refractivity contribution < 1.29 is 8.78 Å². The van der Waals surface area contributed by atoms with Crippen molar-refractivity contribution in [3.05, 3.63) is 41.7 Å². The van der Waals surface area contributed by atoms with E-state index in [1.165, 1.54) is 12.1 Å². The number of nitrogens with zero attached hydrogens (tertiary/aromatic N) is 2. The lowest BCUT2D eigenvalue weighted by molar-refractivity contribution is 0.511. The molecule has 0 atom stereocenters. The molecule has 1 aromatic carbocycles. The van der Waals surface area contributed by atoms with Crippen LogP contribution in [0.5, 0.6) is 0 Å². The molecule has 0 bridgehead atoms. The molecule has 5 heteroatoms. The van der Waals surface area contributed by atoms with Gasteiger partial charge in [0.2, 0.25) is 5.95 Å². The topological polar surface area (TPSA) is 29.9 Å². The summed E-state index contributed by atoms with van der Waals surface area (Å²) in [4.78, 5) is 4.14. The van der Waals surface area contributed by atoms with Crippen LogP contribution in [0.4, 0.5) is 20.4 Å². The highest BCUT2D eigenvalue weighted by atomic mass is 19.2. The Morgan fingerprint density at radius 1 is 1.31 bits per heavy atom. The molecule has 1 N–H and O–H groups in total. The molecule has 0 aliphatic heterocycles. The normalized spacial score (nSPS) is 10.5. The molecule has 3 nitrogen and oxygen atoms in total. The summed E-state index contributed by atoms with van der Waals surface area (Å²) in [5.41, 5.74) is 0.885. The van der Waals surface area contributed by atoms with Gasteiger partial charge in [0.1, 0.15) is 0 Å². The number of nitrogens with one attached hydrogen (secondary N) is 1. The van der Waals surface area contributed by atoms with Crippen LogP contribution < -0.4 is 5.32 Å². The van der Waals surface area contributed by atoms with Crippen molar-refractivity contribution in [3.63, 3.8) is 0 Å². The summed E-state index contributed by atoms with van der Waals surface area (Å²) in [5, 5.41) is 2.74. The number of halogens is 2. The molecule has 0 fully saturated rings. The zero-order chi connectivity index (χ0) is 11.7. The smallest absolute Gasteiger partial charge is 0.207 e.